The lowest BCUT2D eigenvalue weighted by Gasteiger charge is -2.23. The highest BCUT2D eigenvalue weighted by atomic mass is 16.2. The van der Waals surface area contributed by atoms with E-state index in [0.29, 0.717) is 19.5 Å². The largest absolute Gasteiger partial charge is 0.354 e. The van der Waals surface area contributed by atoms with E-state index in [1.54, 1.807) is 0 Å². The molecule has 0 bridgehead atoms. The summed E-state index contributed by atoms with van der Waals surface area (Å²) < 4.78 is 0. The summed E-state index contributed by atoms with van der Waals surface area (Å²) >= 11 is 0. The fraction of sp³-hybridized carbons (Fsp3) is 0.818. The molecule has 1 atom stereocenters. The van der Waals surface area contributed by atoms with Crippen molar-refractivity contribution in [2.45, 2.75) is 31.7 Å². The Balaban J connectivity index is 1.56. The molecule has 1 aliphatic carbocycles. The van der Waals surface area contributed by atoms with E-state index in [2.05, 4.69) is 16.0 Å². The Kier molecular flexibility index (Phi) is 3.77. The molecule has 0 spiro atoms. The van der Waals surface area contributed by atoms with Gasteiger partial charge in [0.1, 0.15) is 0 Å². The average molecular weight is 225 g/mol. The maximum atomic E-state index is 11.5. The van der Waals surface area contributed by atoms with Crippen LogP contribution in [0.15, 0.2) is 0 Å². The summed E-state index contributed by atoms with van der Waals surface area (Å²) in [5.41, 5.74) is 0. The first-order valence-corrected chi connectivity index (χ1v) is 6.01. The van der Waals surface area contributed by atoms with Gasteiger partial charge in [-0.1, -0.05) is 0 Å². The molecule has 1 saturated carbocycles. The Morgan fingerprint density at radius 3 is 2.81 bits per heavy atom. The van der Waals surface area contributed by atoms with E-state index in [-0.39, 0.29) is 17.9 Å². The lowest BCUT2D eigenvalue weighted by Crippen LogP contribution is -2.49. The van der Waals surface area contributed by atoms with Crippen LogP contribution in [0.2, 0.25) is 0 Å². The lowest BCUT2D eigenvalue weighted by molar-refractivity contribution is -0.125. The average Bonchev–Trinajstić information content (AvgIpc) is 3.05. The molecule has 2 rings (SSSR count). The van der Waals surface area contributed by atoms with Crippen LogP contribution in [0.25, 0.3) is 0 Å². The van der Waals surface area contributed by atoms with Crippen molar-refractivity contribution >= 4 is 11.8 Å². The summed E-state index contributed by atoms with van der Waals surface area (Å²) in [6.07, 6.45) is 3.85. The van der Waals surface area contributed by atoms with Gasteiger partial charge in [0.25, 0.3) is 0 Å². The molecule has 2 fully saturated rings. The van der Waals surface area contributed by atoms with E-state index in [1.165, 1.54) is 12.8 Å². The maximum Gasteiger partial charge on any atom is 0.234 e. The molecule has 5 nitrogen and oxygen atoms in total. The molecule has 16 heavy (non-hydrogen) atoms. The van der Waals surface area contributed by atoms with E-state index in [0.717, 1.165) is 18.9 Å². The van der Waals surface area contributed by atoms with Crippen LogP contribution in [0.5, 0.6) is 0 Å². The molecular weight excluding hydrogens is 206 g/mol. The maximum absolute atomic E-state index is 11.5. The first-order chi connectivity index (χ1) is 7.74. The van der Waals surface area contributed by atoms with Gasteiger partial charge in [0.05, 0.1) is 6.54 Å². The summed E-state index contributed by atoms with van der Waals surface area (Å²) in [6.45, 7) is 1.91. The van der Waals surface area contributed by atoms with Crippen LogP contribution < -0.4 is 16.0 Å². The third-order valence-corrected chi connectivity index (χ3v) is 3.05. The molecule has 0 aromatic carbocycles. The summed E-state index contributed by atoms with van der Waals surface area (Å²) in [4.78, 5) is 22.4. The molecule has 2 aliphatic rings. The number of piperidine rings is 1. The molecule has 2 amide bonds. The summed E-state index contributed by atoms with van der Waals surface area (Å²) in [5, 5.41) is 8.81. The molecule has 1 unspecified atom stereocenters. The normalized spacial score (nSPS) is 25.0. The van der Waals surface area contributed by atoms with Crippen molar-refractivity contribution in [3.63, 3.8) is 0 Å². The van der Waals surface area contributed by atoms with Gasteiger partial charge in [0, 0.05) is 19.0 Å². The molecule has 0 radical (unpaired) electrons. The number of amides is 2. The van der Waals surface area contributed by atoms with Gasteiger partial charge in [-0.2, -0.15) is 0 Å². The number of rotatable bonds is 5. The Morgan fingerprint density at radius 1 is 1.38 bits per heavy atom. The van der Waals surface area contributed by atoms with Gasteiger partial charge >= 0.3 is 0 Å². The van der Waals surface area contributed by atoms with Crippen molar-refractivity contribution in [2.75, 3.05) is 19.6 Å². The van der Waals surface area contributed by atoms with Gasteiger partial charge < -0.3 is 16.0 Å². The Morgan fingerprint density at radius 2 is 2.19 bits per heavy atom. The third-order valence-electron chi connectivity index (χ3n) is 3.05. The monoisotopic (exact) mass is 225 g/mol. The van der Waals surface area contributed by atoms with Crippen LogP contribution in [0, 0.1) is 5.92 Å². The Bertz CT molecular complexity index is 266. The predicted octanol–water partition coefficient (Wildman–Crippen LogP) is -0.619. The van der Waals surface area contributed by atoms with Crippen LogP contribution in [0.4, 0.5) is 0 Å². The molecule has 0 aromatic heterocycles. The van der Waals surface area contributed by atoms with E-state index < -0.39 is 0 Å². The summed E-state index contributed by atoms with van der Waals surface area (Å²) in [7, 11) is 0. The molecule has 1 saturated heterocycles. The van der Waals surface area contributed by atoms with Gasteiger partial charge in [-0.25, -0.2) is 0 Å². The van der Waals surface area contributed by atoms with Gasteiger partial charge in [-0.3, -0.25) is 9.59 Å². The molecule has 1 heterocycles. The molecule has 0 aromatic rings. The van der Waals surface area contributed by atoms with Crippen LogP contribution >= 0.6 is 0 Å². The van der Waals surface area contributed by atoms with Crippen molar-refractivity contribution in [1.82, 2.24) is 16.0 Å². The van der Waals surface area contributed by atoms with Gasteiger partial charge in [0.15, 0.2) is 0 Å². The number of carbonyl (C=O) groups is 2. The third kappa shape index (κ3) is 3.81. The second kappa shape index (κ2) is 5.30. The topological polar surface area (TPSA) is 70.2 Å². The number of carbonyl (C=O) groups excluding carboxylic acids is 2. The number of hydrogen-bond acceptors (Lipinski definition) is 3. The van der Waals surface area contributed by atoms with Crippen LogP contribution in [0.1, 0.15) is 25.7 Å². The number of nitrogens with one attached hydrogen (secondary N) is 3. The van der Waals surface area contributed by atoms with Gasteiger partial charge in [-0.15, -0.1) is 0 Å². The van der Waals surface area contributed by atoms with E-state index >= 15 is 0 Å². The summed E-state index contributed by atoms with van der Waals surface area (Å²) in [5.74, 6) is 0.904. The zero-order valence-corrected chi connectivity index (χ0v) is 9.42. The molecule has 5 heteroatoms. The quantitative estimate of drug-likeness (QED) is 0.584. The van der Waals surface area contributed by atoms with Gasteiger partial charge in [0.2, 0.25) is 11.8 Å². The minimum Gasteiger partial charge on any atom is -0.354 e. The first-order valence-electron chi connectivity index (χ1n) is 6.01. The fourth-order valence-electron chi connectivity index (χ4n) is 1.85. The Hall–Kier alpha value is -1.10. The summed E-state index contributed by atoms with van der Waals surface area (Å²) in [6, 6.07) is 0.105. The van der Waals surface area contributed by atoms with Crippen molar-refractivity contribution in [3.8, 4) is 0 Å². The SMILES string of the molecule is O=C1CCC(NC(=O)CNCC2CC2)CN1. The van der Waals surface area contributed by atoms with Crippen molar-refractivity contribution in [2.24, 2.45) is 5.92 Å². The van der Waals surface area contributed by atoms with Crippen molar-refractivity contribution in [3.05, 3.63) is 0 Å². The Labute approximate surface area is 95.3 Å². The van der Waals surface area contributed by atoms with E-state index in [4.69, 9.17) is 0 Å². The molecule has 1 aliphatic heterocycles. The minimum atomic E-state index is 0.0294. The zero-order chi connectivity index (χ0) is 11.4. The predicted molar refractivity (Wildman–Crippen MR) is 59.8 cm³/mol. The van der Waals surface area contributed by atoms with Crippen LogP contribution in [-0.4, -0.2) is 37.5 Å². The second-order valence-electron chi connectivity index (χ2n) is 4.68. The highest BCUT2D eigenvalue weighted by Crippen LogP contribution is 2.27. The second-order valence-corrected chi connectivity index (χ2v) is 4.68. The van der Waals surface area contributed by atoms with E-state index in [9.17, 15) is 9.59 Å². The van der Waals surface area contributed by atoms with E-state index in [1.807, 2.05) is 0 Å². The number of hydrogen-bond donors (Lipinski definition) is 3. The smallest absolute Gasteiger partial charge is 0.234 e. The minimum absolute atomic E-state index is 0.0294. The van der Waals surface area contributed by atoms with Gasteiger partial charge in [-0.05, 0) is 31.7 Å². The van der Waals surface area contributed by atoms with Crippen LogP contribution in [0.3, 0.4) is 0 Å². The lowest BCUT2D eigenvalue weighted by atomic mass is 10.1. The highest BCUT2D eigenvalue weighted by Gasteiger charge is 2.22. The van der Waals surface area contributed by atoms with Crippen molar-refractivity contribution in [1.29, 1.82) is 0 Å². The molecule has 90 valence electrons. The van der Waals surface area contributed by atoms with Crippen molar-refractivity contribution < 1.29 is 9.59 Å². The first kappa shape index (κ1) is 11.4. The fourth-order valence-corrected chi connectivity index (χ4v) is 1.85. The standard InChI is InChI=1S/C11H19N3O2/c15-10-4-3-9(6-13-10)14-11(16)7-12-5-8-1-2-8/h8-9,12H,1-7H2,(H,13,15)(H,14,16). The zero-order valence-electron chi connectivity index (χ0n) is 9.42. The molecular formula is C11H19N3O2. The van der Waals surface area contributed by atoms with Crippen LogP contribution in [-0.2, 0) is 9.59 Å². The highest BCUT2D eigenvalue weighted by molar-refractivity contribution is 5.80. The molecule has 3 N–H and O–H groups in total.